The summed E-state index contributed by atoms with van der Waals surface area (Å²) in [5, 5.41) is 16.7. The van der Waals surface area contributed by atoms with E-state index in [4.69, 9.17) is 5.10 Å². The molecule has 1 fully saturated rings. The topological polar surface area (TPSA) is 97.0 Å². The van der Waals surface area contributed by atoms with Crippen LogP contribution in [0.2, 0.25) is 0 Å². The lowest BCUT2D eigenvalue weighted by molar-refractivity contribution is -0.139. The molecular weight excluding hydrogens is 416 g/mol. The molecule has 1 saturated carbocycles. The summed E-state index contributed by atoms with van der Waals surface area (Å²) in [6, 6.07) is 15.6. The number of methoxy groups -OCH3 is 1. The summed E-state index contributed by atoms with van der Waals surface area (Å²) in [5.74, 6) is -0.321. The van der Waals surface area contributed by atoms with Crippen LogP contribution in [0.1, 0.15) is 57.2 Å². The molecule has 1 heterocycles. The molecule has 1 aromatic heterocycles. The molecule has 4 rings (SSSR count). The Labute approximate surface area is 193 Å². The van der Waals surface area contributed by atoms with Crippen molar-refractivity contribution >= 4 is 11.9 Å². The van der Waals surface area contributed by atoms with E-state index in [1.165, 1.54) is 7.11 Å². The van der Waals surface area contributed by atoms with Crippen LogP contribution in [0, 0.1) is 25.2 Å². The van der Waals surface area contributed by atoms with E-state index in [1.807, 2.05) is 35.9 Å². The Balaban J connectivity index is 1.52. The second-order valence-electron chi connectivity index (χ2n) is 8.35. The lowest BCUT2D eigenvalue weighted by Crippen LogP contribution is -2.30. The largest absolute Gasteiger partial charge is 0.468 e. The summed E-state index contributed by atoms with van der Waals surface area (Å²) >= 11 is 0. The fourth-order valence-electron chi connectivity index (χ4n) is 4.08. The smallest absolute Gasteiger partial charge is 0.325 e. The van der Waals surface area contributed by atoms with Crippen molar-refractivity contribution in [3.63, 3.8) is 0 Å². The van der Waals surface area contributed by atoms with Crippen LogP contribution in [0.15, 0.2) is 42.5 Å². The average Bonchev–Trinajstić information content (AvgIpc) is 3.63. The van der Waals surface area contributed by atoms with Gasteiger partial charge in [0, 0.05) is 16.8 Å². The van der Waals surface area contributed by atoms with E-state index >= 15 is 0 Å². The van der Waals surface area contributed by atoms with E-state index in [1.54, 1.807) is 12.1 Å². The molecule has 168 valence electrons. The normalized spacial score (nSPS) is 12.8. The average molecular weight is 443 g/mol. The van der Waals surface area contributed by atoms with Crippen molar-refractivity contribution < 1.29 is 14.3 Å². The molecule has 1 aliphatic rings. The molecule has 0 unspecified atom stereocenters. The number of aromatic nitrogens is 2. The third kappa shape index (κ3) is 4.80. The highest BCUT2D eigenvalue weighted by Gasteiger charge is 2.27. The van der Waals surface area contributed by atoms with Crippen LogP contribution < -0.4 is 5.32 Å². The molecule has 0 atom stereocenters. The fourth-order valence-corrected chi connectivity index (χ4v) is 4.08. The number of benzene rings is 2. The van der Waals surface area contributed by atoms with Crippen molar-refractivity contribution in [3.8, 4) is 17.2 Å². The van der Waals surface area contributed by atoms with Gasteiger partial charge < -0.3 is 10.1 Å². The van der Waals surface area contributed by atoms with Gasteiger partial charge in [0.15, 0.2) is 0 Å². The number of nitrogens with one attached hydrogen (secondary N) is 1. The molecule has 2 aromatic carbocycles. The number of rotatable bonds is 7. The van der Waals surface area contributed by atoms with E-state index in [2.05, 4.69) is 29.1 Å². The second-order valence-corrected chi connectivity index (χ2v) is 8.35. The molecule has 0 radical (unpaired) electrons. The minimum Gasteiger partial charge on any atom is -0.468 e. The number of ether oxygens (including phenoxy) is 1. The second kappa shape index (κ2) is 9.29. The molecule has 0 spiro atoms. The summed E-state index contributed by atoms with van der Waals surface area (Å²) in [5.41, 5.74) is 7.57. The number of carbonyl (C=O) groups excluding carboxylic acids is 2. The SMILES string of the molecule is COC(=O)CNC(=O)c1ccc(Cn2nc(C)c(-c3ccc(C#N)c(C4CC4)c3)c2C)cc1. The number of nitriles is 1. The molecule has 7 nitrogen and oxygen atoms in total. The highest BCUT2D eigenvalue weighted by Crippen LogP contribution is 2.43. The van der Waals surface area contributed by atoms with Gasteiger partial charge in [0.05, 0.1) is 31.0 Å². The maximum Gasteiger partial charge on any atom is 0.325 e. The number of nitrogens with zero attached hydrogens (tertiary/aromatic N) is 3. The lowest BCUT2D eigenvalue weighted by atomic mass is 9.96. The Hall–Kier alpha value is -3.92. The Morgan fingerprint density at radius 3 is 2.55 bits per heavy atom. The zero-order valence-corrected chi connectivity index (χ0v) is 19.0. The maximum atomic E-state index is 12.2. The fraction of sp³-hybridized carbons (Fsp3) is 0.308. The zero-order valence-electron chi connectivity index (χ0n) is 19.0. The number of aryl methyl sites for hydroxylation is 1. The lowest BCUT2D eigenvalue weighted by Gasteiger charge is -2.09. The van der Waals surface area contributed by atoms with Crippen LogP contribution in [0.3, 0.4) is 0 Å². The predicted molar refractivity (Wildman–Crippen MR) is 124 cm³/mol. The first-order chi connectivity index (χ1) is 15.9. The van der Waals surface area contributed by atoms with E-state index in [0.717, 1.165) is 52.0 Å². The number of hydrogen-bond acceptors (Lipinski definition) is 5. The first-order valence-corrected chi connectivity index (χ1v) is 10.9. The summed E-state index contributed by atoms with van der Waals surface area (Å²) in [7, 11) is 1.28. The van der Waals surface area contributed by atoms with Gasteiger partial charge in [-0.2, -0.15) is 10.4 Å². The number of carbonyl (C=O) groups is 2. The van der Waals surface area contributed by atoms with Crippen LogP contribution in [0.4, 0.5) is 0 Å². The predicted octanol–water partition coefficient (Wildman–Crippen LogP) is 3.87. The van der Waals surface area contributed by atoms with Crippen LogP contribution in [-0.4, -0.2) is 35.3 Å². The van der Waals surface area contributed by atoms with Crippen molar-refractivity contribution in [1.82, 2.24) is 15.1 Å². The van der Waals surface area contributed by atoms with Crippen molar-refractivity contribution in [1.29, 1.82) is 5.26 Å². The number of amides is 1. The number of esters is 1. The molecule has 0 bridgehead atoms. The van der Waals surface area contributed by atoms with E-state index < -0.39 is 5.97 Å². The molecule has 0 aliphatic heterocycles. The van der Waals surface area contributed by atoms with Crippen LogP contribution in [0.25, 0.3) is 11.1 Å². The first-order valence-electron chi connectivity index (χ1n) is 10.9. The maximum absolute atomic E-state index is 12.2. The van der Waals surface area contributed by atoms with Crippen molar-refractivity contribution in [2.24, 2.45) is 0 Å². The monoisotopic (exact) mass is 442 g/mol. The third-order valence-electron chi connectivity index (χ3n) is 6.03. The zero-order chi connectivity index (χ0) is 23.5. The Morgan fingerprint density at radius 1 is 1.18 bits per heavy atom. The molecular formula is C26H26N4O3. The van der Waals surface area contributed by atoms with Gasteiger partial charge in [0.1, 0.15) is 6.54 Å². The molecule has 1 N–H and O–H groups in total. The van der Waals surface area contributed by atoms with Gasteiger partial charge >= 0.3 is 5.97 Å². The minimum atomic E-state index is -0.494. The summed E-state index contributed by atoms with van der Waals surface area (Å²) in [6.07, 6.45) is 2.29. The Bertz CT molecular complexity index is 1250. The molecule has 3 aromatic rings. The standard InChI is InChI=1S/C26H26N4O3/c1-16-25(21-10-11-22(13-27)23(12-21)19-8-9-19)17(2)30(29-16)15-18-4-6-20(7-5-18)26(32)28-14-24(31)33-3/h4-7,10-12,19H,8-9,14-15H2,1-3H3,(H,28,32). The van der Waals surface area contributed by atoms with Gasteiger partial charge in [-0.15, -0.1) is 0 Å². The van der Waals surface area contributed by atoms with E-state index in [0.29, 0.717) is 18.0 Å². The van der Waals surface area contributed by atoms with Gasteiger partial charge in [-0.1, -0.05) is 18.2 Å². The minimum absolute atomic E-state index is 0.163. The Kier molecular flexibility index (Phi) is 6.27. The highest BCUT2D eigenvalue weighted by molar-refractivity contribution is 5.95. The quantitative estimate of drug-likeness (QED) is 0.560. The van der Waals surface area contributed by atoms with Gasteiger partial charge in [-0.3, -0.25) is 14.3 Å². The van der Waals surface area contributed by atoms with Crippen LogP contribution >= 0.6 is 0 Å². The summed E-state index contributed by atoms with van der Waals surface area (Å²) in [4.78, 5) is 23.4. The van der Waals surface area contributed by atoms with Crippen LogP contribution in [-0.2, 0) is 16.1 Å². The molecule has 1 amide bonds. The van der Waals surface area contributed by atoms with Gasteiger partial charge in [0.2, 0.25) is 0 Å². The highest BCUT2D eigenvalue weighted by atomic mass is 16.5. The van der Waals surface area contributed by atoms with Crippen molar-refractivity contribution in [2.45, 2.75) is 39.2 Å². The van der Waals surface area contributed by atoms with Gasteiger partial charge in [-0.25, -0.2) is 0 Å². The van der Waals surface area contributed by atoms with Gasteiger partial charge in [0.25, 0.3) is 5.91 Å². The first kappa shape index (κ1) is 22.3. The third-order valence-corrected chi connectivity index (χ3v) is 6.03. The summed E-state index contributed by atoms with van der Waals surface area (Å²) < 4.78 is 6.50. The molecule has 33 heavy (non-hydrogen) atoms. The molecule has 1 aliphatic carbocycles. The van der Waals surface area contributed by atoms with Crippen molar-refractivity contribution in [2.75, 3.05) is 13.7 Å². The van der Waals surface area contributed by atoms with Crippen molar-refractivity contribution in [3.05, 3.63) is 76.1 Å². The molecule has 7 heteroatoms. The molecule has 0 saturated heterocycles. The van der Waals surface area contributed by atoms with E-state index in [-0.39, 0.29) is 12.5 Å². The van der Waals surface area contributed by atoms with Crippen LogP contribution in [0.5, 0.6) is 0 Å². The van der Waals surface area contributed by atoms with E-state index in [9.17, 15) is 14.9 Å². The summed E-state index contributed by atoms with van der Waals surface area (Å²) in [6.45, 7) is 4.47. The Morgan fingerprint density at radius 2 is 1.91 bits per heavy atom. The number of hydrogen-bond donors (Lipinski definition) is 1. The van der Waals surface area contributed by atoms with Gasteiger partial charge in [-0.05, 0) is 73.6 Å².